The summed E-state index contributed by atoms with van der Waals surface area (Å²) < 4.78 is 22.3. The molecule has 6 heteroatoms. The zero-order valence-electron chi connectivity index (χ0n) is 10.1. The number of anilines is 1. The van der Waals surface area contributed by atoms with E-state index in [1.165, 1.54) is 12.1 Å². The van der Waals surface area contributed by atoms with Crippen LogP contribution in [0.2, 0.25) is 0 Å². The molecule has 1 aliphatic heterocycles. The van der Waals surface area contributed by atoms with Gasteiger partial charge in [-0.05, 0) is 43.0 Å². The number of hydrogen-bond acceptors (Lipinski definition) is 4. The summed E-state index contributed by atoms with van der Waals surface area (Å²) in [5.74, 6) is 0.393. The number of piperidine rings is 1. The third kappa shape index (κ3) is 3.01. The van der Waals surface area contributed by atoms with Gasteiger partial charge in [-0.15, -0.1) is 0 Å². The molecular formula is C12H18N2O3S. The van der Waals surface area contributed by atoms with Gasteiger partial charge in [0, 0.05) is 25.4 Å². The number of rotatable bonds is 3. The lowest BCUT2D eigenvalue weighted by Crippen LogP contribution is -2.34. The second-order valence-electron chi connectivity index (χ2n) is 4.65. The summed E-state index contributed by atoms with van der Waals surface area (Å²) in [6.45, 7) is 2.03. The van der Waals surface area contributed by atoms with Gasteiger partial charge in [-0.3, -0.25) is 0 Å². The van der Waals surface area contributed by atoms with Gasteiger partial charge in [-0.1, -0.05) is 0 Å². The highest BCUT2D eigenvalue weighted by Crippen LogP contribution is 2.23. The maximum atomic E-state index is 11.1. The third-order valence-electron chi connectivity index (χ3n) is 3.40. The number of hydrogen-bond donors (Lipinski definition) is 2. The van der Waals surface area contributed by atoms with E-state index in [1.54, 1.807) is 12.1 Å². The van der Waals surface area contributed by atoms with Gasteiger partial charge in [-0.25, -0.2) is 13.6 Å². The van der Waals surface area contributed by atoms with Crippen LogP contribution >= 0.6 is 0 Å². The Hall–Kier alpha value is -1.11. The molecule has 0 atom stereocenters. The molecule has 0 amide bonds. The molecular weight excluding hydrogens is 252 g/mol. The quantitative estimate of drug-likeness (QED) is 0.840. The lowest BCUT2D eigenvalue weighted by Gasteiger charge is -2.32. The average Bonchev–Trinajstić information content (AvgIpc) is 2.38. The van der Waals surface area contributed by atoms with Crippen molar-refractivity contribution in [2.24, 2.45) is 11.1 Å². The lowest BCUT2D eigenvalue weighted by molar-refractivity contribution is 0.203. The second-order valence-corrected chi connectivity index (χ2v) is 6.21. The first kappa shape index (κ1) is 13.3. The van der Waals surface area contributed by atoms with Crippen molar-refractivity contribution in [3.63, 3.8) is 0 Å². The minimum Gasteiger partial charge on any atom is -0.396 e. The summed E-state index contributed by atoms with van der Waals surface area (Å²) in [5.41, 5.74) is 0.999. The van der Waals surface area contributed by atoms with Crippen LogP contribution in [0.25, 0.3) is 0 Å². The first-order valence-corrected chi connectivity index (χ1v) is 7.54. The summed E-state index contributed by atoms with van der Waals surface area (Å²) in [6.07, 6.45) is 1.93. The van der Waals surface area contributed by atoms with Gasteiger partial charge in [0.05, 0.1) is 4.90 Å². The fraction of sp³-hybridized carbons (Fsp3) is 0.500. The van der Waals surface area contributed by atoms with Crippen molar-refractivity contribution in [3.05, 3.63) is 24.3 Å². The first-order valence-electron chi connectivity index (χ1n) is 5.99. The highest BCUT2D eigenvalue weighted by atomic mass is 32.2. The zero-order valence-corrected chi connectivity index (χ0v) is 10.9. The van der Waals surface area contributed by atoms with E-state index in [-0.39, 0.29) is 11.5 Å². The molecule has 2 rings (SSSR count). The molecule has 0 radical (unpaired) electrons. The highest BCUT2D eigenvalue weighted by Gasteiger charge is 2.19. The van der Waals surface area contributed by atoms with Crippen molar-refractivity contribution in [2.75, 3.05) is 24.6 Å². The summed E-state index contributed by atoms with van der Waals surface area (Å²) in [6, 6.07) is 6.61. The van der Waals surface area contributed by atoms with E-state index in [9.17, 15) is 8.42 Å². The standard InChI is InChI=1S/C12H18N2O3S/c13-18(16,17)12-3-1-11(2-4-12)14-7-5-10(9-15)6-8-14/h1-4,10,15H,5-9H2,(H2,13,16,17). The maximum absolute atomic E-state index is 11.1. The van der Waals surface area contributed by atoms with Gasteiger partial charge in [0.15, 0.2) is 0 Å². The molecule has 1 heterocycles. The van der Waals surface area contributed by atoms with E-state index in [0.29, 0.717) is 5.92 Å². The van der Waals surface area contributed by atoms with Crippen LogP contribution in [0.1, 0.15) is 12.8 Å². The Labute approximate surface area is 107 Å². The fourth-order valence-corrected chi connectivity index (χ4v) is 2.74. The molecule has 0 unspecified atom stereocenters. The Balaban J connectivity index is 2.07. The number of primary sulfonamides is 1. The highest BCUT2D eigenvalue weighted by molar-refractivity contribution is 7.89. The maximum Gasteiger partial charge on any atom is 0.238 e. The normalized spacial score (nSPS) is 18.0. The molecule has 18 heavy (non-hydrogen) atoms. The molecule has 1 aromatic rings. The predicted octanol–water partition coefficient (Wildman–Crippen LogP) is 0.543. The van der Waals surface area contributed by atoms with Crippen LogP contribution in [0.4, 0.5) is 5.69 Å². The van der Waals surface area contributed by atoms with E-state index in [2.05, 4.69) is 4.90 Å². The minimum atomic E-state index is -3.61. The second kappa shape index (κ2) is 5.26. The first-order chi connectivity index (χ1) is 8.50. The van der Waals surface area contributed by atoms with Gasteiger partial charge >= 0.3 is 0 Å². The monoisotopic (exact) mass is 270 g/mol. The van der Waals surface area contributed by atoms with Crippen molar-refractivity contribution in [1.29, 1.82) is 0 Å². The van der Waals surface area contributed by atoms with Gasteiger partial charge in [0.1, 0.15) is 0 Å². The molecule has 1 fully saturated rings. The molecule has 0 bridgehead atoms. The molecule has 3 N–H and O–H groups in total. The molecule has 100 valence electrons. The van der Waals surface area contributed by atoms with E-state index >= 15 is 0 Å². The Morgan fingerprint density at radius 3 is 2.22 bits per heavy atom. The minimum absolute atomic E-state index is 0.136. The van der Waals surface area contributed by atoms with Gasteiger partial charge in [0.2, 0.25) is 10.0 Å². The number of nitrogens with zero attached hydrogens (tertiary/aromatic N) is 1. The molecule has 0 spiro atoms. The molecule has 1 saturated heterocycles. The Morgan fingerprint density at radius 2 is 1.78 bits per heavy atom. The zero-order chi connectivity index (χ0) is 13.2. The summed E-state index contributed by atoms with van der Waals surface area (Å²) in [5, 5.41) is 14.1. The van der Waals surface area contributed by atoms with Crippen molar-refractivity contribution in [2.45, 2.75) is 17.7 Å². The Kier molecular flexibility index (Phi) is 3.89. The van der Waals surface area contributed by atoms with Crippen LogP contribution in [0, 0.1) is 5.92 Å². The van der Waals surface area contributed by atoms with E-state index < -0.39 is 10.0 Å². The molecule has 1 aromatic carbocycles. The summed E-state index contributed by atoms with van der Waals surface area (Å²) >= 11 is 0. The van der Waals surface area contributed by atoms with E-state index in [4.69, 9.17) is 10.2 Å². The number of sulfonamides is 1. The van der Waals surface area contributed by atoms with Gasteiger partial charge in [-0.2, -0.15) is 0 Å². The largest absolute Gasteiger partial charge is 0.396 e. The Bertz CT molecular complexity index is 491. The van der Waals surface area contributed by atoms with Crippen molar-refractivity contribution in [1.82, 2.24) is 0 Å². The summed E-state index contributed by atoms with van der Waals surface area (Å²) in [7, 11) is -3.61. The number of benzene rings is 1. The van der Waals surface area contributed by atoms with E-state index in [1.807, 2.05) is 0 Å². The molecule has 0 aromatic heterocycles. The van der Waals surface area contributed by atoms with Crippen molar-refractivity contribution < 1.29 is 13.5 Å². The Morgan fingerprint density at radius 1 is 1.22 bits per heavy atom. The predicted molar refractivity (Wildman–Crippen MR) is 69.8 cm³/mol. The average molecular weight is 270 g/mol. The SMILES string of the molecule is NS(=O)(=O)c1ccc(N2CCC(CO)CC2)cc1. The number of nitrogens with two attached hydrogens (primary N) is 1. The van der Waals surface area contributed by atoms with Crippen LogP contribution in [-0.4, -0.2) is 33.2 Å². The van der Waals surface area contributed by atoms with Crippen LogP contribution in [0.5, 0.6) is 0 Å². The van der Waals surface area contributed by atoms with Gasteiger partial charge in [0.25, 0.3) is 0 Å². The van der Waals surface area contributed by atoms with E-state index in [0.717, 1.165) is 31.6 Å². The summed E-state index contributed by atoms with van der Waals surface area (Å²) in [4.78, 5) is 2.33. The third-order valence-corrected chi connectivity index (χ3v) is 4.33. The molecule has 0 aliphatic carbocycles. The molecule has 5 nitrogen and oxygen atoms in total. The van der Waals surface area contributed by atoms with Crippen LogP contribution in [-0.2, 0) is 10.0 Å². The topological polar surface area (TPSA) is 83.6 Å². The molecule has 0 saturated carbocycles. The number of aliphatic hydroxyl groups is 1. The lowest BCUT2D eigenvalue weighted by atomic mass is 9.97. The number of aliphatic hydroxyl groups excluding tert-OH is 1. The van der Waals surface area contributed by atoms with Crippen molar-refractivity contribution >= 4 is 15.7 Å². The van der Waals surface area contributed by atoms with Crippen LogP contribution in [0.15, 0.2) is 29.2 Å². The van der Waals surface area contributed by atoms with Gasteiger partial charge < -0.3 is 10.0 Å². The van der Waals surface area contributed by atoms with Crippen LogP contribution < -0.4 is 10.0 Å². The molecule has 1 aliphatic rings. The smallest absolute Gasteiger partial charge is 0.238 e. The van der Waals surface area contributed by atoms with Crippen molar-refractivity contribution in [3.8, 4) is 0 Å². The fourth-order valence-electron chi connectivity index (χ4n) is 2.22. The van der Waals surface area contributed by atoms with Crippen LogP contribution in [0.3, 0.4) is 0 Å².